The van der Waals surface area contributed by atoms with Gasteiger partial charge in [-0.25, -0.2) is 0 Å². The van der Waals surface area contributed by atoms with Crippen LogP contribution in [-0.2, 0) is 6.04 Å². The zero-order chi connectivity index (χ0) is 9.90. The van der Waals surface area contributed by atoms with Crippen LogP contribution in [0.2, 0.25) is 19.6 Å². The lowest BCUT2D eigenvalue weighted by molar-refractivity contribution is 1.31. The van der Waals surface area contributed by atoms with Crippen molar-refractivity contribution >= 4 is 14.1 Å². The largest absolute Gasteiger partial charge is 0.0985 e. The van der Waals surface area contributed by atoms with E-state index < -0.39 is 8.07 Å². The van der Waals surface area contributed by atoms with Gasteiger partial charge in [0, 0.05) is 8.07 Å². The van der Waals surface area contributed by atoms with Gasteiger partial charge in [-0.2, -0.15) is 0 Å². The molecular weight excluding hydrogens is 172 g/mol. The SMILES string of the molecule is C=Cc1ccc(C[Si](C)(C)C)cc1. The zero-order valence-electron chi connectivity index (χ0n) is 8.80. The topological polar surface area (TPSA) is 0 Å². The molecular formula is C12H18Si. The molecule has 1 aromatic rings. The highest BCUT2D eigenvalue weighted by Gasteiger charge is 2.12. The lowest BCUT2D eigenvalue weighted by atomic mass is 10.1. The second kappa shape index (κ2) is 3.92. The Morgan fingerprint density at radius 2 is 1.69 bits per heavy atom. The lowest BCUT2D eigenvalue weighted by Gasteiger charge is -2.15. The minimum atomic E-state index is -0.951. The van der Waals surface area contributed by atoms with Crippen molar-refractivity contribution in [2.75, 3.05) is 0 Å². The van der Waals surface area contributed by atoms with E-state index in [1.54, 1.807) is 0 Å². The Kier molecular flexibility index (Phi) is 3.10. The summed E-state index contributed by atoms with van der Waals surface area (Å²) in [6.45, 7) is 10.9. The summed E-state index contributed by atoms with van der Waals surface area (Å²) < 4.78 is 0. The molecule has 0 atom stereocenters. The Labute approximate surface area is 82.3 Å². The Hall–Kier alpha value is -0.823. The first kappa shape index (κ1) is 10.3. The highest BCUT2D eigenvalue weighted by molar-refractivity contribution is 6.75. The molecule has 0 amide bonds. The van der Waals surface area contributed by atoms with Crippen molar-refractivity contribution in [3.8, 4) is 0 Å². The van der Waals surface area contributed by atoms with Gasteiger partial charge in [0.2, 0.25) is 0 Å². The number of rotatable bonds is 3. The Bertz CT molecular complexity index is 277. The second-order valence-electron chi connectivity index (χ2n) is 4.68. The van der Waals surface area contributed by atoms with Crippen LogP contribution in [0, 0.1) is 0 Å². The molecule has 0 N–H and O–H groups in total. The van der Waals surface area contributed by atoms with Gasteiger partial charge in [0.1, 0.15) is 0 Å². The maximum Gasteiger partial charge on any atom is 0.0487 e. The lowest BCUT2D eigenvalue weighted by Crippen LogP contribution is -2.23. The van der Waals surface area contributed by atoms with E-state index in [1.165, 1.54) is 17.2 Å². The molecule has 0 saturated heterocycles. The van der Waals surface area contributed by atoms with Gasteiger partial charge in [-0.15, -0.1) is 0 Å². The van der Waals surface area contributed by atoms with E-state index in [0.717, 1.165) is 0 Å². The normalized spacial score (nSPS) is 11.3. The maximum absolute atomic E-state index is 3.74. The number of benzene rings is 1. The van der Waals surface area contributed by atoms with E-state index in [2.05, 4.69) is 50.5 Å². The van der Waals surface area contributed by atoms with E-state index in [0.29, 0.717) is 0 Å². The summed E-state index contributed by atoms with van der Waals surface area (Å²) in [6.07, 6.45) is 1.89. The third-order valence-electron chi connectivity index (χ3n) is 1.95. The summed E-state index contributed by atoms with van der Waals surface area (Å²) in [7, 11) is -0.951. The molecule has 0 radical (unpaired) electrons. The summed E-state index contributed by atoms with van der Waals surface area (Å²) >= 11 is 0. The molecule has 13 heavy (non-hydrogen) atoms. The van der Waals surface area contributed by atoms with Gasteiger partial charge in [0.25, 0.3) is 0 Å². The van der Waals surface area contributed by atoms with Gasteiger partial charge in [-0.3, -0.25) is 0 Å². The van der Waals surface area contributed by atoms with Crippen LogP contribution in [0.5, 0.6) is 0 Å². The molecule has 0 aromatic heterocycles. The van der Waals surface area contributed by atoms with Crippen molar-refractivity contribution in [1.29, 1.82) is 0 Å². The summed E-state index contributed by atoms with van der Waals surface area (Å²) in [5.74, 6) is 0. The smallest absolute Gasteiger partial charge is 0.0487 e. The van der Waals surface area contributed by atoms with Crippen LogP contribution in [0.3, 0.4) is 0 Å². The van der Waals surface area contributed by atoms with Crippen LogP contribution in [0.1, 0.15) is 11.1 Å². The first-order valence-corrected chi connectivity index (χ1v) is 8.43. The molecule has 0 aliphatic carbocycles. The van der Waals surface area contributed by atoms with Gasteiger partial charge < -0.3 is 0 Å². The van der Waals surface area contributed by atoms with Crippen LogP contribution < -0.4 is 0 Å². The molecule has 0 spiro atoms. The molecule has 70 valence electrons. The minimum absolute atomic E-state index is 0.951. The third-order valence-corrected chi connectivity index (χ3v) is 3.42. The van der Waals surface area contributed by atoms with Crippen LogP contribution in [0.4, 0.5) is 0 Å². The second-order valence-corrected chi connectivity index (χ2v) is 10.2. The van der Waals surface area contributed by atoms with Crippen LogP contribution in [-0.4, -0.2) is 8.07 Å². The Balaban J connectivity index is 2.75. The first-order valence-electron chi connectivity index (χ1n) is 4.73. The Morgan fingerprint density at radius 3 is 2.08 bits per heavy atom. The zero-order valence-corrected chi connectivity index (χ0v) is 9.80. The van der Waals surface area contributed by atoms with Crippen LogP contribution in [0.15, 0.2) is 30.8 Å². The van der Waals surface area contributed by atoms with Crippen molar-refractivity contribution in [3.05, 3.63) is 42.0 Å². The van der Waals surface area contributed by atoms with Crippen LogP contribution in [0.25, 0.3) is 6.08 Å². The monoisotopic (exact) mass is 190 g/mol. The molecule has 0 bridgehead atoms. The van der Waals surface area contributed by atoms with E-state index in [9.17, 15) is 0 Å². The van der Waals surface area contributed by atoms with Crippen LogP contribution >= 0.6 is 0 Å². The van der Waals surface area contributed by atoms with Gasteiger partial charge in [0.15, 0.2) is 0 Å². The predicted octanol–water partition coefficient (Wildman–Crippen LogP) is 3.75. The molecule has 1 heteroatoms. The molecule has 1 aromatic carbocycles. The molecule has 0 unspecified atom stereocenters. The van der Waals surface area contributed by atoms with Crippen molar-refractivity contribution in [1.82, 2.24) is 0 Å². The highest BCUT2D eigenvalue weighted by atomic mass is 28.3. The van der Waals surface area contributed by atoms with Gasteiger partial charge in [-0.05, 0) is 11.6 Å². The molecule has 1 rings (SSSR count). The van der Waals surface area contributed by atoms with Crippen molar-refractivity contribution in [3.63, 3.8) is 0 Å². The average molecular weight is 190 g/mol. The molecule has 0 nitrogen and oxygen atoms in total. The summed E-state index contributed by atoms with van der Waals surface area (Å²) in [5, 5.41) is 0. The van der Waals surface area contributed by atoms with E-state index >= 15 is 0 Å². The summed E-state index contributed by atoms with van der Waals surface area (Å²) in [4.78, 5) is 0. The van der Waals surface area contributed by atoms with E-state index in [1.807, 2.05) is 6.08 Å². The standard InChI is InChI=1S/C12H18Si/c1-5-11-6-8-12(9-7-11)10-13(2,3)4/h5-9H,1,10H2,2-4H3. The number of hydrogen-bond acceptors (Lipinski definition) is 0. The fourth-order valence-corrected chi connectivity index (χ4v) is 2.84. The van der Waals surface area contributed by atoms with Crippen molar-refractivity contribution < 1.29 is 0 Å². The molecule has 0 aliphatic rings. The van der Waals surface area contributed by atoms with Gasteiger partial charge in [-0.1, -0.05) is 62.1 Å². The predicted molar refractivity (Wildman–Crippen MR) is 63.6 cm³/mol. The third kappa shape index (κ3) is 3.60. The summed E-state index contributed by atoms with van der Waals surface area (Å²) in [5.41, 5.74) is 2.67. The quantitative estimate of drug-likeness (QED) is 0.637. The fraction of sp³-hybridized carbons (Fsp3) is 0.333. The van der Waals surface area contributed by atoms with E-state index in [-0.39, 0.29) is 0 Å². The van der Waals surface area contributed by atoms with Gasteiger partial charge in [0.05, 0.1) is 0 Å². The maximum atomic E-state index is 3.74. The molecule has 0 aliphatic heterocycles. The highest BCUT2D eigenvalue weighted by Crippen LogP contribution is 2.12. The number of hydrogen-bond donors (Lipinski definition) is 0. The van der Waals surface area contributed by atoms with Gasteiger partial charge >= 0.3 is 0 Å². The Morgan fingerprint density at radius 1 is 1.15 bits per heavy atom. The molecule has 0 heterocycles. The molecule has 0 saturated carbocycles. The minimum Gasteiger partial charge on any atom is -0.0985 e. The fourth-order valence-electron chi connectivity index (χ4n) is 1.38. The molecule has 0 fully saturated rings. The van der Waals surface area contributed by atoms with Crippen molar-refractivity contribution in [2.45, 2.75) is 25.7 Å². The average Bonchev–Trinajstić information content (AvgIpc) is 2.03. The first-order chi connectivity index (χ1) is 6.01. The summed E-state index contributed by atoms with van der Waals surface area (Å²) in [6, 6.07) is 9.99. The van der Waals surface area contributed by atoms with E-state index in [4.69, 9.17) is 0 Å². The van der Waals surface area contributed by atoms with Crippen molar-refractivity contribution in [2.24, 2.45) is 0 Å².